The van der Waals surface area contributed by atoms with Crippen molar-refractivity contribution in [2.45, 2.75) is 52.2 Å². The smallest absolute Gasteiger partial charge is 0.315 e. The number of nitrogens with zero attached hydrogens (tertiary/aromatic N) is 1. The van der Waals surface area contributed by atoms with E-state index in [1.807, 2.05) is 61.2 Å². The number of urea groups is 1. The minimum atomic E-state index is -0.171. The number of nitrogens with one attached hydrogen (secondary N) is 2. The molecule has 5 nitrogen and oxygen atoms in total. The number of benzene rings is 2. The Morgan fingerprint density at radius 1 is 1.19 bits per heavy atom. The van der Waals surface area contributed by atoms with E-state index in [4.69, 9.17) is 0 Å². The molecule has 0 fully saturated rings. The van der Waals surface area contributed by atoms with Gasteiger partial charge in [0.1, 0.15) is 0 Å². The van der Waals surface area contributed by atoms with Gasteiger partial charge in [-0.25, -0.2) is 4.79 Å². The van der Waals surface area contributed by atoms with Gasteiger partial charge in [-0.2, -0.15) is 0 Å². The molecule has 0 unspecified atom stereocenters. The molecule has 0 spiro atoms. The summed E-state index contributed by atoms with van der Waals surface area (Å²) in [6.45, 7) is 6.50. The van der Waals surface area contributed by atoms with E-state index in [9.17, 15) is 9.59 Å². The Balaban J connectivity index is 1.75. The molecule has 2 atom stereocenters. The molecule has 0 saturated heterocycles. The predicted octanol–water partition coefficient (Wildman–Crippen LogP) is 3.88. The summed E-state index contributed by atoms with van der Waals surface area (Å²) in [5, 5.41) is 5.78. The second-order valence-corrected chi connectivity index (χ2v) is 7.19. The van der Waals surface area contributed by atoms with E-state index in [1.54, 1.807) is 0 Å². The molecule has 0 aromatic heterocycles. The van der Waals surface area contributed by atoms with Crippen molar-refractivity contribution in [3.8, 4) is 0 Å². The number of fused-ring (bicyclic) bond motifs is 1. The molecule has 1 aliphatic rings. The van der Waals surface area contributed by atoms with Crippen LogP contribution in [0.3, 0.4) is 0 Å². The number of rotatable bonds is 5. The zero-order valence-corrected chi connectivity index (χ0v) is 16.2. The summed E-state index contributed by atoms with van der Waals surface area (Å²) < 4.78 is 0. The third kappa shape index (κ3) is 4.30. The Bertz CT molecular complexity index is 820. The molecule has 1 heterocycles. The fraction of sp³-hybridized carbons (Fsp3) is 0.364. The van der Waals surface area contributed by atoms with Crippen LogP contribution in [0.15, 0.2) is 48.5 Å². The van der Waals surface area contributed by atoms with Crippen molar-refractivity contribution in [1.82, 2.24) is 10.6 Å². The van der Waals surface area contributed by atoms with Crippen LogP contribution >= 0.6 is 0 Å². The number of amides is 3. The zero-order chi connectivity index (χ0) is 19.4. The van der Waals surface area contributed by atoms with Crippen LogP contribution in [0.4, 0.5) is 10.5 Å². The summed E-state index contributed by atoms with van der Waals surface area (Å²) in [4.78, 5) is 26.8. The Morgan fingerprint density at radius 2 is 1.93 bits per heavy atom. The second-order valence-electron chi connectivity index (χ2n) is 7.19. The topological polar surface area (TPSA) is 61.4 Å². The molecule has 3 rings (SSSR count). The number of carbonyl (C=O) groups excluding carboxylic acids is 2. The summed E-state index contributed by atoms with van der Waals surface area (Å²) >= 11 is 0. The maximum atomic E-state index is 13.0. The van der Waals surface area contributed by atoms with E-state index in [0.717, 1.165) is 24.1 Å². The van der Waals surface area contributed by atoms with Crippen molar-refractivity contribution >= 4 is 17.6 Å². The van der Waals surface area contributed by atoms with Gasteiger partial charge in [-0.1, -0.05) is 37.3 Å². The van der Waals surface area contributed by atoms with E-state index >= 15 is 0 Å². The number of carbonyl (C=O) groups is 2. The van der Waals surface area contributed by atoms with Crippen LogP contribution in [-0.2, 0) is 13.0 Å². The van der Waals surface area contributed by atoms with Crippen molar-refractivity contribution < 1.29 is 9.59 Å². The number of hydrogen-bond donors (Lipinski definition) is 2. The first kappa shape index (κ1) is 19.0. The van der Waals surface area contributed by atoms with Gasteiger partial charge in [-0.05, 0) is 56.0 Å². The molecule has 5 heteroatoms. The minimum absolute atomic E-state index is 0.0153. The van der Waals surface area contributed by atoms with Crippen LogP contribution in [0.2, 0.25) is 0 Å². The Kier molecular flexibility index (Phi) is 5.79. The van der Waals surface area contributed by atoms with Gasteiger partial charge in [0.25, 0.3) is 5.91 Å². The van der Waals surface area contributed by atoms with Crippen molar-refractivity contribution in [2.75, 3.05) is 4.90 Å². The van der Waals surface area contributed by atoms with Crippen molar-refractivity contribution in [3.63, 3.8) is 0 Å². The van der Waals surface area contributed by atoms with E-state index in [2.05, 4.69) is 23.6 Å². The first-order valence-electron chi connectivity index (χ1n) is 9.54. The zero-order valence-electron chi connectivity index (χ0n) is 16.2. The quantitative estimate of drug-likeness (QED) is 0.845. The highest BCUT2D eigenvalue weighted by molar-refractivity contribution is 6.07. The van der Waals surface area contributed by atoms with Crippen LogP contribution in [0.25, 0.3) is 0 Å². The fourth-order valence-corrected chi connectivity index (χ4v) is 3.35. The summed E-state index contributed by atoms with van der Waals surface area (Å²) in [5.41, 5.74) is 3.78. The molecule has 0 bridgehead atoms. The van der Waals surface area contributed by atoms with Gasteiger partial charge in [0.15, 0.2) is 0 Å². The highest BCUT2D eigenvalue weighted by Crippen LogP contribution is 2.34. The van der Waals surface area contributed by atoms with Crippen molar-refractivity contribution in [1.29, 1.82) is 0 Å². The molecule has 2 N–H and O–H groups in total. The molecular formula is C22H27N3O2. The molecule has 1 aliphatic heterocycles. The van der Waals surface area contributed by atoms with Crippen molar-refractivity contribution in [3.05, 3.63) is 65.2 Å². The van der Waals surface area contributed by atoms with Crippen LogP contribution in [0.1, 0.15) is 48.7 Å². The van der Waals surface area contributed by atoms with E-state index in [0.29, 0.717) is 12.1 Å². The van der Waals surface area contributed by atoms with Gasteiger partial charge in [0, 0.05) is 29.9 Å². The average Bonchev–Trinajstić information content (AvgIpc) is 3.01. The monoisotopic (exact) mass is 365 g/mol. The molecule has 27 heavy (non-hydrogen) atoms. The van der Waals surface area contributed by atoms with Crippen LogP contribution in [0, 0.1) is 0 Å². The van der Waals surface area contributed by atoms with Gasteiger partial charge in [-0.3, -0.25) is 4.79 Å². The molecule has 0 saturated carbocycles. The number of hydrogen-bond acceptors (Lipinski definition) is 2. The van der Waals surface area contributed by atoms with Gasteiger partial charge in [0.2, 0.25) is 0 Å². The predicted molar refractivity (Wildman–Crippen MR) is 108 cm³/mol. The van der Waals surface area contributed by atoms with Gasteiger partial charge >= 0.3 is 6.03 Å². The lowest BCUT2D eigenvalue weighted by Crippen LogP contribution is -2.40. The normalized spacial score (nSPS) is 16.6. The first-order valence-corrected chi connectivity index (χ1v) is 9.54. The third-order valence-electron chi connectivity index (χ3n) is 5.05. The van der Waals surface area contributed by atoms with Crippen LogP contribution in [0.5, 0.6) is 0 Å². The van der Waals surface area contributed by atoms with E-state index in [1.165, 1.54) is 5.56 Å². The Labute approximate surface area is 160 Å². The lowest BCUT2D eigenvalue weighted by Gasteiger charge is -2.23. The third-order valence-corrected chi connectivity index (χ3v) is 5.05. The van der Waals surface area contributed by atoms with Gasteiger partial charge < -0.3 is 15.5 Å². The van der Waals surface area contributed by atoms with Crippen LogP contribution in [-0.4, -0.2) is 24.0 Å². The summed E-state index contributed by atoms with van der Waals surface area (Å²) in [7, 11) is 0. The van der Waals surface area contributed by atoms with E-state index in [-0.39, 0.29) is 24.0 Å². The number of anilines is 1. The summed E-state index contributed by atoms with van der Waals surface area (Å²) in [6, 6.07) is 15.5. The highest BCUT2D eigenvalue weighted by Gasteiger charge is 2.31. The maximum absolute atomic E-state index is 13.0. The van der Waals surface area contributed by atoms with E-state index < -0.39 is 0 Å². The molecule has 2 aromatic rings. The highest BCUT2D eigenvalue weighted by atomic mass is 16.2. The van der Waals surface area contributed by atoms with Crippen LogP contribution < -0.4 is 15.5 Å². The van der Waals surface area contributed by atoms with Gasteiger partial charge in [-0.15, -0.1) is 0 Å². The molecule has 2 aromatic carbocycles. The molecule has 0 radical (unpaired) electrons. The first-order chi connectivity index (χ1) is 13.0. The molecular weight excluding hydrogens is 338 g/mol. The Morgan fingerprint density at radius 3 is 2.63 bits per heavy atom. The minimum Gasteiger partial charge on any atom is -0.336 e. The molecule has 142 valence electrons. The lowest BCUT2D eigenvalue weighted by molar-refractivity contribution is 0.0981. The second kappa shape index (κ2) is 8.25. The largest absolute Gasteiger partial charge is 0.336 e. The summed E-state index contributed by atoms with van der Waals surface area (Å²) in [5.74, 6) is 0.0153. The molecule has 0 aliphatic carbocycles. The van der Waals surface area contributed by atoms with Gasteiger partial charge in [0.05, 0.1) is 0 Å². The lowest BCUT2D eigenvalue weighted by atomic mass is 10.1. The maximum Gasteiger partial charge on any atom is 0.315 e. The average molecular weight is 365 g/mol. The SMILES string of the molecule is CC[C@@H](C)NC(=O)NCc1ccc2c(c1)N(C(=O)c1ccccc1)[C@H](C)C2. The standard InChI is InChI=1S/C22H27N3O2/c1-4-15(2)24-22(27)23-14-17-10-11-19-12-16(3)25(20(19)13-17)21(26)18-8-6-5-7-9-18/h5-11,13,15-16H,4,12,14H2,1-3H3,(H2,23,24,27)/t15-,16-/m1/s1. The van der Waals surface area contributed by atoms with Crippen molar-refractivity contribution in [2.24, 2.45) is 0 Å². The molecule has 3 amide bonds. The summed E-state index contributed by atoms with van der Waals surface area (Å²) in [6.07, 6.45) is 1.73. The fourth-order valence-electron chi connectivity index (χ4n) is 3.35. The Hall–Kier alpha value is -2.82.